The second-order valence-electron chi connectivity index (χ2n) is 2.71. The van der Waals surface area contributed by atoms with Crippen molar-refractivity contribution in [3.05, 3.63) is 0 Å². The number of nitrogens with one attached hydrogen (secondary N) is 1. The minimum absolute atomic E-state index is 0. The van der Waals surface area contributed by atoms with E-state index in [2.05, 4.69) is 5.32 Å². The van der Waals surface area contributed by atoms with Crippen LogP contribution in [0, 0.1) is 0 Å². The number of fused-ring (bicyclic) bond motifs is 1. The van der Waals surface area contributed by atoms with E-state index in [1.54, 1.807) is 0 Å². The fraction of sp³-hybridized carbons (Fsp3) is 1.00. The van der Waals surface area contributed by atoms with Crippen LogP contribution >= 0.6 is 12.4 Å². The highest BCUT2D eigenvalue weighted by Crippen LogP contribution is 2.37. The predicted octanol–water partition coefficient (Wildman–Crippen LogP) is -0.0951. The Morgan fingerprint density at radius 3 is 2.25 bits per heavy atom. The van der Waals surface area contributed by atoms with E-state index in [0.717, 1.165) is 19.4 Å². The van der Waals surface area contributed by atoms with E-state index in [1.165, 1.54) is 0 Å². The molecular weight excluding hydrogens is 126 g/mol. The van der Waals surface area contributed by atoms with Gasteiger partial charge in [-0.1, -0.05) is 0 Å². The average molecular weight is 136 g/mol. The molecule has 2 saturated heterocycles. The summed E-state index contributed by atoms with van der Waals surface area (Å²) in [5.41, 5.74) is -0.273. The van der Waals surface area contributed by atoms with Gasteiger partial charge in [-0.05, 0) is 12.8 Å². The SMILES string of the molecule is Cl.OC12CNC(C1)C2. The Hall–Kier alpha value is 0.210. The number of rotatable bonds is 0. The van der Waals surface area contributed by atoms with E-state index >= 15 is 0 Å². The van der Waals surface area contributed by atoms with Crippen LogP contribution in [0.15, 0.2) is 0 Å². The summed E-state index contributed by atoms with van der Waals surface area (Å²) in [6, 6.07) is 0.657. The third-order valence-electron chi connectivity index (χ3n) is 1.97. The maximum Gasteiger partial charge on any atom is 0.0801 e. The Balaban J connectivity index is 0.000000320. The first kappa shape index (κ1) is 6.33. The lowest BCUT2D eigenvalue weighted by Crippen LogP contribution is -2.39. The summed E-state index contributed by atoms with van der Waals surface area (Å²) in [6.45, 7) is 0.831. The van der Waals surface area contributed by atoms with E-state index in [1.807, 2.05) is 0 Å². The van der Waals surface area contributed by atoms with Gasteiger partial charge in [0, 0.05) is 12.6 Å². The number of halogens is 1. The molecule has 0 aromatic heterocycles. The van der Waals surface area contributed by atoms with Crippen molar-refractivity contribution >= 4 is 12.4 Å². The molecule has 0 spiro atoms. The number of hydrogen-bond acceptors (Lipinski definition) is 2. The Labute approximate surface area is 54.7 Å². The van der Waals surface area contributed by atoms with Crippen LogP contribution in [0.25, 0.3) is 0 Å². The van der Waals surface area contributed by atoms with Crippen molar-refractivity contribution < 1.29 is 5.11 Å². The van der Waals surface area contributed by atoms with Crippen LogP contribution < -0.4 is 5.32 Å². The highest BCUT2D eigenvalue weighted by Gasteiger charge is 2.48. The molecule has 2 heterocycles. The maximum absolute atomic E-state index is 9.20. The van der Waals surface area contributed by atoms with Crippen molar-refractivity contribution in [1.82, 2.24) is 5.32 Å². The molecule has 2 aliphatic heterocycles. The Bertz CT molecular complexity index is 95.1. The van der Waals surface area contributed by atoms with Gasteiger partial charge in [-0.25, -0.2) is 0 Å². The van der Waals surface area contributed by atoms with Gasteiger partial charge in [-0.3, -0.25) is 0 Å². The lowest BCUT2D eigenvalue weighted by molar-refractivity contribution is 0.00784. The third kappa shape index (κ3) is 0.642. The van der Waals surface area contributed by atoms with Crippen molar-refractivity contribution in [2.24, 2.45) is 0 Å². The maximum atomic E-state index is 9.20. The second kappa shape index (κ2) is 1.59. The van der Waals surface area contributed by atoms with Crippen molar-refractivity contribution in [3.8, 4) is 0 Å². The molecule has 0 amide bonds. The van der Waals surface area contributed by atoms with Gasteiger partial charge in [0.1, 0.15) is 0 Å². The molecule has 0 unspecified atom stereocenters. The summed E-state index contributed by atoms with van der Waals surface area (Å²) in [5, 5.41) is 12.4. The number of hydrogen-bond donors (Lipinski definition) is 2. The zero-order valence-electron chi connectivity index (χ0n) is 4.55. The molecule has 2 nitrogen and oxygen atoms in total. The summed E-state index contributed by atoms with van der Waals surface area (Å²) in [7, 11) is 0. The molecule has 0 aromatic rings. The summed E-state index contributed by atoms with van der Waals surface area (Å²) >= 11 is 0. The van der Waals surface area contributed by atoms with Crippen molar-refractivity contribution in [1.29, 1.82) is 0 Å². The van der Waals surface area contributed by atoms with Gasteiger partial charge >= 0.3 is 0 Å². The standard InChI is InChI=1S/C5H9NO.ClH/c7-5-1-4(2-5)6-3-5;/h4,6-7H,1-3H2;1H. The first-order valence-electron chi connectivity index (χ1n) is 2.74. The minimum Gasteiger partial charge on any atom is -0.388 e. The molecule has 0 aromatic carbocycles. The van der Waals surface area contributed by atoms with Crippen LogP contribution in [0.4, 0.5) is 0 Å². The molecular formula is C5H10ClNO. The van der Waals surface area contributed by atoms with Crippen LogP contribution in [0.1, 0.15) is 12.8 Å². The van der Waals surface area contributed by atoms with Crippen molar-refractivity contribution in [2.75, 3.05) is 6.54 Å². The monoisotopic (exact) mass is 135 g/mol. The Morgan fingerprint density at radius 1 is 1.50 bits per heavy atom. The summed E-state index contributed by atoms with van der Waals surface area (Å²) in [4.78, 5) is 0. The quantitative estimate of drug-likeness (QED) is 0.487. The molecule has 8 heavy (non-hydrogen) atoms. The van der Waals surface area contributed by atoms with Gasteiger partial charge in [0.05, 0.1) is 5.60 Å². The fourth-order valence-corrected chi connectivity index (χ4v) is 1.48. The fourth-order valence-electron chi connectivity index (χ4n) is 1.48. The Kier molecular flexibility index (Phi) is 1.26. The molecule has 1 aliphatic carbocycles. The zero-order chi connectivity index (χ0) is 4.91. The summed E-state index contributed by atoms with van der Waals surface area (Å²) in [5.74, 6) is 0. The average Bonchev–Trinajstić information content (AvgIpc) is 1.88. The van der Waals surface area contributed by atoms with Crippen LogP contribution in [-0.2, 0) is 0 Å². The molecule has 1 saturated carbocycles. The number of aliphatic hydroxyl groups is 1. The van der Waals surface area contributed by atoms with Crippen LogP contribution in [0.5, 0.6) is 0 Å². The van der Waals surface area contributed by atoms with Gasteiger partial charge < -0.3 is 10.4 Å². The van der Waals surface area contributed by atoms with Gasteiger partial charge in [0.15, 0.2) is 0 Å². The largest absolute Gasteiger partial charge is 0.388 e. The molecule has 3 heteroatoms. The van der Waals surface area contributed by atoms with E-state index in [9.17, 15) is 5.11 Å². The topological polar surface area (TPSA) is 32.3 Å². The minimum atomic E-state index is -0.273. The first-order valence-corrected chi connectivity index (χ1v) is 2.74. The lowest BCUT2D eigenvalue weighted by atomic mass is 9.82. The van der Waals surface area contributed by atoms with Crippen LogP contribution in [-0.4, -0.2) is 23.3 Å². The van der Waals surface area contributed by atoms with Gasteiger partial charge in [-0.15, -0.1) is 12.4 Å². The van der Waals surface area contributed by atoms with Gasteiger partial charge in [-0.2, -0.15) is 0 Å². The zero-order valence-corrected chi connectivity index (χ0v) is 5.37. The molecule has 3 rings (SSSR count). The molecule has 0 radical (unpaired) electrons. The van der Waals surface area contributed by atoms with E-state index in [0.29, 0.717) is 6.04 Å². The van der Waals surface area contributed by atoms with Crippen molar-refractivity contribution in [2.45, 2.75) is 24.5 Å². The molecule has 2 bridgehead atoms. The molecule has 3 fully saturated rings. The van der Waals surface area contributed by atoms with E-state index in [-0.39, 0.29) is 18.0 Å². The van der Waals surface area contributed by atoms with E-state index in [4.69, 9.17) is 0 Å². The highest BCUT2D eigenvalue weighted by atomic mass is 35.5. The molecule has 48 valence electrons. The molecule has 3 aliphatic rings. The highest BCUT2D eigenvalue weighted by molar-refractivity contribution is 5.85. The Morgan fingerprint density at radius 2 is 2.12 bits per heavy atom. The lowest BCUT2D eigenvalue weighted by Gasteiger charge is -2.30. The second-order valence-corrected chi connectivity index (χ2v) is 2.71. The van der Waals surface area contributed by atoms with Crippen LogP contribution in [0.3, 0.4) is 0 Å². The summed E-state index contributed by atoms with van der Waals surface area (Å²) in [6.07, 6.45) is 1.99. The van der Waals surface area contributed by atoms with Gasteiger partial charge in [0.2, 0.25) is 0 Å². The third-order valence-corrected chi connectivity index (χ3v) is 1.97. The van der Waals surface area contributed by atoms with Crippen molar-refractivity contribution in [3.63, 3.8) is 0 Å². The summed E-state index contributed by atoms with van der Waals surface area (Å²) < 4.78 is 0. The molecule has 2 N–H and O–H groups in total. The first-order chi connectivity index (χ1) is 3.29. The smallest absolute Gasteiger partial charge is 0.0801 e. The van der Waals surface area contributed by atoms with Gasteiger partial charge in [0.25, 0.3) is 0 Å². The van der Waals surface area contributed by atoms with Crippen LogP contribution in [0.2, 0.25) is 0 Å². The normalized spacial score (nSPS) is 49.9. The predicted molar refractivity (Wildman–Crippen MR) is 33.2 cm³/mol. The molecule has 0 atom stereocenters. The van der Waals surface area contributed by atoms with E-state index < -0.39 is 0 Å².